The number of piperidine rings is 1. The van der Waals surface area contributed by atoms with Gasteiger partial charge in [0, 0.05) is 24.8 Å². The van der Waals surface area contributed by atoms with Crippen LogP contribution in [0.1, 0.15) is 61.3 Å². The van der Waals surface area contributed by atoms with Crippen LogP contribution in [0.25, 0.3) is 5.65 Å². The number of carboxylic acids is 1. The second-order valence-corrected chi connectivity index (χ2v) is 10.3. The summed E-state index contributed by atoms with van der Waals surface area (Å²) in [5.41, 5.74) is 1.90. The van der Waals surface area contributed by atoms with Crippen LogP contribution < -0.4 is 15.8 Å². The van der Waals surface area contributed by atoms with Gasteiger partial charge in [-0.2, -0.15) is 0 Å². The van der Waals surface area contributed by atoms with Crippen molar-refractivity contribution in [2.75, 3.05) is 23.3 Å². The second kappa shape index (κ2) is 9.07. The summed E-state index contributed by atoms with van der Waals surface area (Å²) in [6.07, 6.45) is 3.59. The largest absolute Gasteiger partial charge is 0.476 e. The summed E-state index contributed by atoms with van der Waals surface area (Å²) >= 11 is 12.2. The number of hydrogen-bond donors (Lipinski definition) is 2. The molecule has 3 aromatic rings. The van der Waals surface area contributed by atoms with Gasteiger partial charge in [0.1, 0.15) is 16.6 Å². The number of rotatable bonds is 5. The van der Waals surface area contributed by atoms with E-state index in [9.17, 15) is 14.7 Å². The molecule has 0 aliphatic carbocycles. The normalized spacial score (nSPS) is 16.5. The van der Waals surface area contributed by atoms with E-state index in [0.29, 0.717) is 33.3 Å². The van der Waals surface area contributed by atoms with Crippen molar-refractivity contribution < 1.29 is 9.90 Å². The minimum Gasteiger partial charge on any atom is -0.476 e. The van der Waals surface area contributed by atoms with Gasteiger partial charge >= 0.3 is 5.97 Å². The maximum atomic E-state index is 13.3. The average Bonchev–Trinajstić information content (AvgIpc) is 2.77. The Balaban J connectivity index is 1.79. The molecule has 0 spiro atoms. The van der Waals surface area contributed by atoms with Crippen LogP contribution in [-0.4, -0.2) is 38.5 Å². The third-order valence-electron chi connectivity index (χ3n) is 6.44. The van der Waals surface area contributed by atoms with E-state index in [1.807, 2.05) is 6.92 Å². The molecule has 34 heavy (non-hydrogen) atoms. The Morgan fingerprint density at radius 1 is 1.21 bits per heavy atom. The number of aromatic carboxylic acids is 1. The van der Waals surface area contributed by atoms with Crippen LogP contribution in [0.3, 0.4) is 0 Å². The van der Waals surface area contributed by atoms with Crippen molar-refractivity contribution in [1.29, 1.82) is 0 Å². The van der Waals surface area contributed by atoms with Crippen molar-refractivity contribution in [1.82, 2.24) is 14.4 Å². The smallest absolute Gasteiger partial charge is 0.356 e. The number of anilines is 2. The molecule has 0 bridgehead atoms. The van der Waals surface area contributed by atoms with E-state index >= 15 is 0 Å². The molecule has 1 saturated heterocycles. The van der Waals surface area contributed by atoms with Gasteiger partial charge in [-0.1, -0.05) is 37.0 Å². The summed E-state index contributed by atoms with van der Waals surface area (Å²) in [7, 11) is 0. The molecule has 0 aromatic carbocycles. The Morgan fingerprint density at radius 3 is 2.53 bits per heavy atom. The van der Waals surface area contributed by atoms with Gasteiger partial charge in [0.05, 0.1) is 22.3 Å². The van der Waals surface area contributed by atoms with Gasteiger partial charge in [-0.3, -0.25) is 9.20 Å². The highest BCUT2D eigenvalue weighted by molar-refractivity contribution is 6.30. The Bertz CT molecular complexity index is 1330. The van der Waals surface area contributed by atoms with Crippen LogP contribution in [0.4, 0.5) is 11.5 Å². The van der Waals surface area contributed by atoms with Crippen molar-refractivity contribution in [2.24, 2.45) is 5.41 Å². The van der Waals surface area contributed by atoms with Crippen LogP contribution in [0.5, 0.6) is 0 Å². The monoisotopic (exact) mass is 503 g/mol. The van der Waals surface area contributed by atoms with Gasteiger partial charge in [-0.15, -0.1) is 0 Å². The zero-order valence-corrected chi connectivity index (χ0v) is 21.0. The van der Waals surface area contributed by atoms with Gasteiger partial charge in [-0.05, 0) is 50.3 Å². The van der Waals surface area contributed by atoms with E-state index < -0.39 is 12.0 Å². The van der Waals surface area contributed by atoms with Crippen LogP contribution in [-0.2, 0) is 0 Å². The third-order valence-corrected chi connectivity index (χ3v) is 6.86. The van der Waals surface area contributed by atoms with Crippen molar-refractivity contribution >= 4 is 46.3 Å². The van der Waals surface area contributed by atoms with Crippen molar-refractivity contribution in [2.45, 2.75) is 46.6 Å². The number of aromatic nitrogens is 3. The molecule has 3 aromatic heterocycles. The fourth-order valence-electron chi connectivity index (χ4n) is 4.28. The molecule has 1 atom stereocenters. The molecule has 0 unspecified atom stereocenters. The van der Waals surface area contributed by atoms with Crippen LogP contribution in [0.15, 0.2) is 29.2 Å². The van der Waals surface area contributed by atoms with Gasteiger partial charge in [0.2, 0.25) is 0 Å². The van der Waals surface area contributed by atoms with Crippen LogP contribution in [0.2, 0.25) is 10.2 Å². The molecule has 4 rings (SSSR count). The first-order valence-electron chi connectivity index (χ1n) is 11.1. The van der Waals surface area contributed by atoms with Gasteiger partial charge < -0.3 is 15.3 Å². The van der Waals surface area contributed by atoms with Crippen molar-refractivity contribution in [3.8, 4) is 0 Å². The first-order valence-corrected chi connectivity index (χ1v) is 11.9. The molecular formula is C24H27Cl2N5O3. The molecule has 180 valence electrons. The van der Waals surface area contributed by atoms with E-state index in [-0.39, 0.29) is 21.8 Å². The highest BCUT2D eigenvalue weighted by Crippen LogP contribution is 2.33. The quantitative estimate of drug-likeness (QED) is 0.461. The minimum absolute atomic E-state index is 0.0850. The topological polar surface area (TPSA) is 99.8 Å². The summed E-state index contributed by atoms with van der Waals surface area (Å²) in [5.74, 6) is -0.524. The standard InChI is InChI=1S/C24H27Cl2N5O3/c1-13-20(30-9-7-24(3,4)8-10-30)29-21-16(11-15(25)12-31(21)22(13)32)14(2)27-17-5-6-18(26)28-19(17)23(33)34/h5-6,11-12,14,27H,7-10H2,1-4H3,(H,33,34)/t14-/m1/s1. The number of nitrogens with zero attached hydrogens (tertiary/aromatic N) is 4. The molecule has 0 amide bonds. The molecule has 0 saturated carbocycles. The summed E-state index contributed by atoms with van der Waals surface area (Å²) in [6.45, 7) is 9.80. The van der Waals surface area contributed by atoms with Crippen LogP contribution >= 0.6 is 23.2 Å². The van der Waals surface area contributed by atoms with Gasteiger partial charge in [0.25, 0.3) is 5.56 Å². The maximum Gasteiger partial charge on any atom is 0.356 e. The fraction of sp³-hybridized carbons (Fsp3) is 0.417. The lowest BCUT2D eigenvalue weighted by Gasteiger charge is -2.38. The summed E-state index contributed by atoms with van der Waals surface area (Å²) in [6, 6.07) is 4.38. The Hall–Kier alpha value is -2.84. The maximum absolute atomic E-state index is 13.3. The zero-order valence-electron chi connectivity index (χ0n) is 19.5. The molecule has 8 nitrogen and oxygen atoms in total. The summed E-state index contributed by atoms with van der Waals surface area (Å²) < 4.78 is 1.46. The lowest BCUT2D eigenvalue weighted by Crippen LogP contribution is -2.39. The molecule has 2 N–H and O–H groups in total. The van der Waals surface area contributed by atoms with E-state index in [4.69, 9.17) is 28.2 Å². The average molecular weight is 504 g/mol. The van der Waals surface area contributed by atoms with Gasteiger partial charge in [0.15, 0.2) is 5.69 Å². The SMILES string of the molecule is Cc1c(N2CCC(C)(C)CC2)nc2c([C@@H](C)Nc3ccc(Cl)nc3C(=O)O)cc(Cl)cn2c1=O. The third kappa shape index (κ3) is 4.70. The number of carboxylic acid groups (broad SMARTS) is 1. The molecule has 0 radical (unpaired) electrons. The molecule has 1 aliphatic rings. The van der Waals surface area contributed by atoms with Crippen molar-refractivity contribution in [3.05, 3.63) is 61.7 Å². The first kappa shape index (κ1) is 24.3. The van der Waals surface area contributed by atoms with E-state index in [0.717, 1.165) is 25.9 Å². The van der Waals surface area contributed by atoms with Gasteiger partial charge in [-0.25, -0.2) is 14.8 Å². The van der Waals surface area contributed by atoms with E-state index in [1.165, 1.54) is 10.5 Å². The lowest BCUT2D eigenvalue weighted by molar-refractivity contribution is 0.0691. The number of halogens is 2. The number of hydrogen-bond acceptors (Lipinski definition) is 6. The summed E-state index contributed by atoms with van der Waals surface area (Å²) in [4.78, 5) is 36.0. The minimum atomic E-state index is -1.20. The predicted octanol–water partition coefficient (Wildman–Crippen LogP) is 5.20. The Kier molecular flexibility index (Phi) is 6.48. The zero-order chi connectivity index (χ0) is 24.8. The number of carbonyl (C=O) groups is 1. The summed E-state index contributed by atoms with van der Waals surface area (Å²) in [5, 5.41) is 13.2. The first-order chi connectivity index (χ1) is 16.0. The molecule has 1 fully saturated rings. The Morgan fingerprint density at radius 2 is 1.88 bits per heavy atom. The molecule has 1 aliphatic heterocycles. The number of pyridine rings is 2. The molecule has 10 heteroatoms. The van der Waals surface area contributed by atoms with E-state index in [2.05, 4.69) is 29.0 Å². The number of fused-ring (bicyclic) bond motifs is 1. The highest BCUT2D eigenvalue weighted by Gasteiger charge is 2.28. The molecule has 4 heterocycles. The molecular weight excluding hydrogens is 477 g/mol. The predicted molar refractivity (Wildman–Crippen MR) is 135 cm³/mol. The number of nitrogens with one attached hydrogen (secondary N) is 1. The van der Waals surface area contributed by atoms with Crippen molar-refractivity contribution in [3.63, 3.8) is 0 Å². The second-order valence-electron chi connectivity index (χ2n) is 9.53. The lowest BCUT2D eigenvalue weighted by atomic mass is 9.82. The van der Waals surface area contributed by atoms with E-state index in [1.54, 1.807) is 25.3 Å². The fourth-order valence-corrected chi connectivity index (χ4v) is 4.65. The van der Waals surface area contributed by atoms with Crippen LogP contribution in [0, 0.1) is 12.3 Å². The highest BCUT2D eigenvalue weighted by atomic mass is 35.5. The Labute approximate surface area is 207 Å².